The minimum Gasteiger partial charge on any atom is -1.00 e. The molecule has 0 amide bonds. The Morgan fingerprint density at radius 2 is 1.85 bits per heavy atom. The molecule has 143 valence electrons. The number of allylic oxidation sites excluding steroid dienone is 5. The molecule has 0 spiro atoms. The third-order valence-corrected chi connectivity index (χ3v) is 8.72. The van der Waals surface area contributed by atoms with Crippen molar-refractivity contribution in [3.63, 3.8) is 0 Å². The van der Waals surface area contributed by atoms with Crippen LogP contribution in [-0.2, 0) is 29.1 Å². The summed E-state index contributed by atoms with van der Waals surface area (Å²) in [5, 5.41) is 1.38. The molecule has 1 unspecified atom stereocenters. The fourth-order valence-electron chi connectivity index (χ4n) is 3.54. The van der Waals surface area contributed by atoms with Crippen molar-refractivity contribution >= 4 is 27.7 Å². The van der Waals surface area contributed by atoms with Gasteiger partial charge in [-0.15, -0.1) is 0 Å². The van der Waals surface area contributed by atoms with Crippen LogP contribution in [0.5, 0.6) is 0 Å². The zero-order valence-corrected chi connectivity index (χ0v) is 22.7. The molecule has 0 saturated carbocycles. The van der Waals surface area contributed by atoms with Gasteiger partial charge in [0.25, 0.3) is 0 Å². The number of hydrogen-bond donors (Lipinski definition) is 0. The first kappa shape index (κ1) is 25.0. The summed E-state index contributed by atoms with van der Waals surface area (Å²) in [6, 6.07) is 9.02. The first-order valence-electron chi connectivity index (χ1n) is 9.03. The SMILES string of the molecule is C[Si](C)=C(CC1=C(C2=CC=CC2)c2ccccc2[CH]1[Zr+2])O[Si](C)(C)C.[Cl-].[Cl-]. The van der Waals surface area contributed by atoms with Crippen molar-refractivity contribution < 1.29 is 54.0 Å². The molecule has 27 heavy (non-hydrogen) atoms. The number of benzene rings is 1. The Hall–Kier alpha value is 0.00688. The van der Waals surface area contributed by atoms with E-state index in [-0.39, 0.29) is 24.8 Å². The third-order valence-electron chi connectivity index (χ3n) is 4.64. The summed E-state index contributed by atoms with van der Waals surface area (Å²) in [4.78, 5) is 0. The number of hydrogen-bond acceptors (Lipinski definition) is 1. The van der Waals surface area contributed by atoms with Crippen LogP contribution in [0, 0.1) is 0 Å². The van der Waals surface area contributed by atoms with Gasteiger partial charge in [0.2, 0.25) is 0 Å². The summed E-state index contributed by atoms with van der Waals surface area (Å²) < 4.78 is 7.13. The van der Waals surface area contributed by atoms with Crippen LogP contribution in [0.1, 0.15) is 27.6 Å². The molecular weight excluding hydrogens is 487 g/mol. The van der Waals surface area contributed by atoms with E-state index in [2.05, 4.69) is 75.2 Å². The maximum atomic E-state index is 6.56. The Morgan fingerprint density at radius 1 is 1.19 bits per heavy atom. The summed E-state index contributed by atoms with van der Waals surface area (Å²) in [5.74, 6) is 0. The average molecular weight is 514 g/mol. The zero-order chi connectivity index (χ0) is 18.2. The van der Waals surface area contributed by atoms with Gasteiger partial charge in [0, 0.05) is 0 Å². The van der Waals surface area contributed by atoms with Gasteiger partial charge < -0.3 is 24.8 Å². The van der Waals surface area contributed by atoms with Crippen molar-refractivity contribution in [1.29, 1.82) is 0 Å². The van der Waals surface area contributed by atoms with Crippen molar-refractivity contribution in [3.05, 3.63) is 64.8 Å². The van der Waals surface area contributed by atoms with Crippen molar-refractivity contribution in [1.82, 2.24) is 0 Å². The molecule has 1 atom stereocenters. The normalized spacial score (nSPS) is 17.7. The summed E-state index contributed by atoms with van der Waals surface area (Å²) >= 11 is 1.59. The Bertz CT molecular complexity index is 816. The Labute approximate surface area is 194 Å². The second-order valence-corrected chi connectivity index (χ2v) is 16.5. The minimum absolute atomic E-state index is 0. The first-order chi connectivity index (χ1) is 11.8. The Kier molecular flexibility index (Phi) is 9.42. The number of fused-ring (bicyclic) bond motifs is 1. The monoisotopic (exact) mass is 511 g/mol. The molecule has 0 aliphatic heterocycles. The van der Waals surface area contributed by atoms with E-state index in [1.807, 2.05) is 0 Å². The van der Waals surface area contributed by atoms with Gasteiger partial charge in [-0.3, -0.25) is 0 Å². The van der Waals surface area contributed by atoms with Crippen LogP contribution < -0.4 is 24.8 Å². The molecule has 2 aliphatic carbocycles. The second kappa shape index (κ2) is 10.2. The average Bonchev–Trinajstić information content (AvgIpc) is 3.13. The van der Waals surface area contributed by atoms with Gasteiger partial charge in [0.05, 0.1) is 0 Å². The fraction of sp³-hybridized carbons (Fsp3) is 0.381. The van der Waals surface area contributed by atoms with E-state index in [9.17, 15) is 0 Å². The van der Waals surface area contributed by atoms with Crippen molar-refractivity contribution in [2.45, 2.75) is 49.2 Å². The summed E-state index contributed by atoms with van der Waals surface area (Å²) in [5.41, 5.74) is 7.59. The molecule has 0 radical (unpaired) electrons. The molecule has 0 saturated heterocycles. The molecule has 0 N–H and O–H groups in total. The molecule has 1 aromatic rings. The zero-order valence-electron chi connectivity index (χ0n) is 16.7. The molecule has 1 aromatic carbocycles. The van der Waals surface area contributed by atoms with Crippen molar-refractivity contribution in [2.75, 3.05) is 0 Å². The van der Waals surface area contributed by atoms with E-state index in [4.69, 9.17) is 4.43 Å². The quantitative estimate of drug-likeness (QED) is 0.489. The van der Waals surface area contributed by atoms with E-state index in [0.29, 0.717) is 3.63 Å². The van der Waals surface area contributed by atoms with E-state index in [1.54, 1.807) is 30.3 Å². The van der Waals surface area contributed by atoms with Gasteiger partial charge in [-0.05, 0) is 0 Å². The molecule has 0 heterocycles. The van der Waals surface area contributed by atoms with Gasteiger partial charge in [-0.25, -0.2) is 0 Å². The maximum absolute atomic E-state index is 6.56. The van der Waals surface area contributed by atoms with Crippen LogP contribution in [0.2, 0.25) is 32.7 Å². The fourth-order valence-corrected chi connectivity index (χ4v) is 7.86. The summed E-state index contributed by atoms with van der Waals surface area (Å²) in [6.45, 7) is 11.6. The smallest absolute Gasteiger partial charge is 1.00 e. The Morgan fingerprint density at radius 3 is 2.41 bits per heavy atom. The van der Waals surface area contributed by atoms with Crippen molar-refractivity contribution in [2.24, 2.45) is 0 Å². The van der Waals surface area contributed by atoms with Crippen LogP contribution in [0.25, 0.3) is 5.57 Å². The summed E-state index contributed by atoms with van der Waals surface area (Å²) in [6.07, 6.45) is 8.88. The molecule has 3 rings (SSSR count). The van der Waals surface area contributed by atoms with Gasteiger partial charge in [0.15, 0.2) is 0 Å². The third kappa shape index (κ3) is 5.76. The second-order valence-electron chi connectivity index (χ2n) is 8.06. The standard InChI is InChI=1S/C21H27OSi2.2ClH.Zr/c1-23(2)20(22-24(3,4)5)15-18-14-17-12-8-9-13-19(17)21(18)16-10-6-7-11-16;;;/h6-10,12-14H,11,15H2,1-5H3;2*1H;/q;;;+2/p-2. The van der Waals surface area contributed by atoms with E-state index in [1.165, 1.54) is 27.6 Å². The number of halogens is 2. The molecular formula is C21H27Cl2OSi2Zr. The predicted octanol–water partition coefficient (Wildman–Crippen LogP) is -0.356. The summed E-state index contributed by atoms with van der Waals surface area (Å²) in [7, 11) is -2.14. The van der Waals surface area contributed by atoms with Gasteiger partial charge >= 0.3 is 171 Å². The van der Waals surface area contributed by atoms with Crippen LogP contribution in [0.15, 0.2) is 53.6 Å². The molecule has 0 bridgehead atoms. The maximum Gasteiger partial charge on any atom is -1.00 e. The Balaban J connectivity index is 0.00000182. The molecule has 2 aliphatic rings. The van der Waals surface area contributed by atoms with Crippen LogP contribution in [-0.4, -0.2) is 22.1 Å². The molecule has 0 fully saturated rings. The van der Waals surface area contributed by atoms with E-state index >= 15 is 0 Å². The van der Waals surface area contributed by atoms with Gasteiger partial charge in [-0.2, -0.15) is 0 Å². The van der Waals surface area contributed by atoms with Crippen LogP contribution in [0.3, 0.4) is 0 Å². The van der Waals surface area contributed by atoms with E-state index < -0.39 is 16.7 Å². The molecule has 1 nitrogen and oxygen atoms in total. The topological polar surface area (TPSA) is 9.23 Å². The largest absolute Gasteiger partial charge is 1.00 e. The number of rotatable bonds is 5. The van der Waals surface area contributed by atoms with Crippen LogP contribution in [0.4, 0.5) is 0 Å². The molecule has 6 heteroatoms. The predicted molar refractivity (Wildman–Crippen MR) is 109 cm³/mol. The van der Waals surface area contributed by atoms with Gasteiger partial charge in [0.1, 0.15) is 0 Å². The first-order valence-corrected chi connectivity index (χ1v) is 16.4. The minimum atomic E-state index is -1.56. The molecule has 0 aromatic heterocycles. The van der Waals surface area contributed by atoms with Crippen molar-refractivity contribution in [3.8, 4) is 0 Å². The van der Waals surface area contributed by atoms with Crippen LogP contribution >= 0.6 is 0 Å². The van der Waals surface area contributed by atoms with Gasteiger partial charge in [-0.1, -0.05) is 0 Å². The van der Waals surface area contributed by atoms with E-state index in [0.717, 1.165) is 12.8 Å².